The predicted molar refractivity (Wildman–Crippen MR) is 96.6 cm³/mol. The molecule has 9 heteroatoms. The maximum atomic E-state index is 12.9. The van der Waals surface area contributed by atoms with Crippen molar-refractivity contribution in [2.24, 2.45) is 5.92 Å². The standard InChI is InChI=1S/C17H31N3O5S/c1-2-3-8-18-16(21)15-4-9-19(10-5-15)26(22,23)20-11-6-17(7-12-20)24-13-14-25-17/h15H,2-14H2,1H3,(H,18,21). The fraction of sp³-hybridized carbons (Fsp3) is 0.941. The maximum absolute atomic E-state index is 12.9. The quantitative estimate of drug-likeness (QED) is 0.676. The van der Waals surface area contributed by atoms with Crippen molar-refractivity contribution in [2.75, 3.05) is 45.9 Å². The number of hydrogen-bond donors (Lipinski definition) is 1. The van der Waals surface area contributed by atoms with Crippen LogP contribution in [0.2, 0.25) is 0 Å². The largest absolute Gasteiger partial charge is 0.356 e. The smallest absolute Gasteiger partial charge is 0.281 e. The molecule has 0 saturated carbocycles. The molecule has 3 heterocycles. The van der Waals surface area contributed by atoms with E-state index >= 15 is 0 Å². The molecule has 3 aliphatic heterocycles. The van der Waals surface area contributed by atoms with Gasteiger partial charge in [0.15, 0.2) is 5.79 Å². The van der Waals surface area contributed by atoms with E-state index in [0.717, 1.165) is 12.8 Å². The van der Waals surface area contributed by atoms with Crippen molar-refractivity contribution in [3.8, 4) is 0 Å². The lowest BCUT2D eigenvalue weighted by molar-refractivity contribution is -0.179. The molecular weight excluding hydrogens is 358 g/mol. The molecule has 0 radical (unpaired) electrons. The van der Waals surface area contributed by atoms with Crippen molar-refractivity contribution in [1.29, 1.82) is 0 Å². The Kier molecular flexibility index (Phi) is 6.55. The Balaban J connectivity index is 1.48. The Labute approximate surface area is 156 Å². The van der Waals surface area contributed by atoms with Crippen LogP contribution in [0.1, 0.15) is 45.4 Å². The van der Waals surface area contributed by atoms with E-state index in [-0.39, 0.29) is 11.8 Å². The number of ether oxygens (including phenoxy) is 2. The second-order valence-corrected chi connectivity index (χ2v) is 9.26. The third-order valence-electron chi connectivity index (χ3n) is 5.60. The molecule has 8 nitrogen and oxygen atoms in total. The molecule has 3 rings (SSSR count). The summed E-state index contributed by atoms with van der Waals surface area (Å²) in [6.45, 7) is 5.60. The van der Waals surface area contributed by atoms with Gasteiger partial charge >= 0.3 is 0 Å². The van der Waals surface area contributed by atoms with E-state index in [2.05, 4.69) is 12.2 Å². The first kappa shape index (κ1) is 20.0. The molecule has 1 spiro atoms. The summed E-state index contributed by atoms with van der Waals surface area (Å²) in [6, 6.07) is 0. The first-order valence-electron chi connectivity index (χ1n) is 9.78. The molecule has 0 atom stereocenters. The Morgan fingerprint density at radius 2 is 1.65 bits per heavy atom. The summed E-state index contributed by atoms with van der Waals surface area (Å²) in [5, 5.41) is 2.95. The van der Waals surface area contributed by atoms with Gasteiger partial charge in [-0.3, -0.25) is 4.79 Å². The zero-order valence-electron chi connectivity index (χ0n) is 15.6. The van der Waals surface area contributed by atoms with Crippen molar-refractivity contribution >= 4 is 16.1 Å². The van der Waals surface area contributed by atoms with Gasteiger partial charge in [0.2, 0.25) is 5.91 Å². The zero-order valence-corrected chi connectivity index (χ0v) is 16.4. The van der Waals surface area contributed by atoms with Gasteiger partial charge in [0.25, 0.3) is 10.2 Å². The van der Waals surface area contributed by atoms with Crippen LogP contribution in [0.5, 0.6) is 0 Å². The fourth-order valence-electron chi connectivity index (χ4n) is 3.89. The minimum atomic E-state index is -3.48. The highest BCUT2D eigenvalue weighted by atomic mass is 32.2. The molecule has 3 saturated heterocycles. The molecule has 150 valence electrons. The summed E-state index contributed by atoms with van der Waals surface area (Å²) < 4.78 is 40.2. The van der Waals surface area contributed by atoms with E-state index in [1.54, 1.807) is 0 Å². The molecule has 26 heavy (non-hydrogen) atoms. The van der Waals surface area contributed by atoms with Crippen molar-refractivity contribution < 1.29 is 22.7 Å². The normalized spacial score (nSPS) is 25.6. The maximum Gasteiger partial charge on any atom is 0.281 e. The van der Waals surface area contributed by atoms with Gasteiger partial charge in [0.1, 0.15) is 0 Å². The van der Waals surface area contributed by atoms with Crippen molar-refractivity contribution in [1.82, 2.24) is 13.9 Å². The molecule has 3 fully saturated rings. The summed E-state index contributed by atoms with van der Waals surface area (Å²) in [5.74, 6) is -0.593. The van der Waals surface area contributed by atoms with E-state index < -0.39 is 16.0 Å². The van der Waals surface area contributed by atoms with E-state index in [1.807, 2.05) is 0 Å². The summed E-state index contributed by atoms with van der Waals surface area (Å²) in [5.41, 5.74) is 0. The third-order valence-corrected chi connectivity index (χ3v) is 7.64. The van der Waals surface area contributed by atoms with Crippen LogP contribution in [0.25, 0.3) is 0 Å². The molecule has 1 N–H and O–H groups in total. The Hall–Kier alpha value is -0.740. The van der Waals surface area contributed by atoms with Gasteiger partial charge in [-0.05, 0) is 19.3 Å². The van der Waals surface area contributed by atoms with Crippen LogP contribution in [0, 0.1) is 5.92 Å². The molecule has 0 aromatic heterocycles. The van der Waals surface area contributed by atoms with Crippen LogP contribution in [0.3, 0.4) is 0 Å². The number of piperidine rings is 2. The van der Waals surface area contributed by atoms with Crippen molar-refractivity contribution in [3.05, 3.63) is 0 Å². The second-order valence-electron chi connectivity index (χ2n) is 7.33. The Morgan fingerprint density at radius 3 is 2.23 bits per heavy atom. The molecular formula is C17H31N3O5S. The van der Waals surface area contributed by atoms with Gasteiger partial charge < -0.3 is 14.8 Å². The van der Waals surface area contributed by atoms with Crippen LogP contribution in [-0.2, 0) is 24.5 Å². The molecule has 3 aliphatic rings. The highest BCUT2D eigenvalue weighted by Crippen LogP contribution is 2.33. The van der Waals surface area contributed by atoms with Crippen molar-refractivity contribution in [3.63, 3.8) is 0 Å². The number of carbonyl (C=O) groups is 1. The minimum absolute atomic E-state index is 0.0611. The van der Waals surface area contributed by atoms with Crippen LogP contribution in [-0.4, -0.2) is 74.7 Å². The van der Waals surface area contributed by atoms with Gasteiger partial charge in [-0.25, -0.2) is 0 Å². The summed E-state index contributed by atoms with van der Waals surface area (Å²) in [7, 11) is -3.48. The minimum Gasteiger partial charge on any atom is -0.356 e. The van der Waals surface area contributed by atoms with E-state index in [9.17, 15) is 13.2 Å². The van der Waals surface area contributed by atoms with Crippen LogP contribution >= 0.6 is 0 Å². The number of rotatable bonds is 6. The van der Waals surface area contributed by atoms with Crippen LogP contribution in [0.4, 0.5) is 0 Å². The van der Waals surface area contributed by atoms with Gasteiger partial charge in [-0.2, -0.15) is 17.0 Å². The fourth-order valence-corrected chi connectivity index (χ4v) is 5.53. The highest BCUT2D eigenvalue weighted by Gasteiger charge is 2.44. The number of hydrogen-bond acceptors (Lipinski definition) is 5. The first-order chi connectivity index (χ1) is 12.5. The van der Waals surface area contributed by atoms with Gasteiger partial charge in [0.05, 0.1) is 13.2 Å². The van der Waals surface area contributed by atoms with Gasteiger partial charge in [-0.1, -0.05) is 13.3 Å². The third kappa shape index (κ3) is 4.39. The molecule has 0 bridgehead atoms. The summed E-state index contributed by atoms with van der Waals surface area (Å²) in [6.07, 6.45) is 4.33. The molecule has 0 aromatic carbocycles. The first-order valence-corrected chi connectivity index (χ1v) is 11.2. The number of nitrogens with one attached hydrogen (secondary N) is 1. The van der Waals surface area contributed by atoms with Crippen LogP contribution < -0.4 is 5.32 Å². The lowest BCUT2D eigenvalue weighted by Crippen LogP contribution is -2.53. The van der Waals surface area contributed by atoms with E-state index in [4.69, 9.17) is 9.47 Å². The summed E-state index contributed by atoms with van der Waals surface area (Å²) >= 11 is 0. The lowest BCUT2D eigenvalue weighted by Gasteiger charge is -2.40. The average Bonchev–Trinajstić information content (AvgIpc) is 3.10. The van der Waals surface area contributed by atoms with E-state index in [1.165, 1.54) is 8.61 Å². The predicted octanol–water partition coefficient (Wildman–Crippen LogP) is 0.698. The number of nitrogens with zero attached hydrogens (tertiary/aromatic N) is 2. The van der Waals surface area contributed by atoms with Gasteiger partial charge in [-0.15, -0.1) is 0 Å². The van der Waals surface area contributed by atoms with E-state index in [0.29, 0.717) is 71.6 Å². The van der Waals surface area contributed by atoms with Crippen LogP contribution in [0.15, 0.2) is 0 Å². The van der Waals surface area contributed by atoms with Crippen molar-refractivity contribution in [2.45, 2.75) is 51.2 Å². The molecule has 0 unspecified atom stereocenters. The molecule has 1 amide bonds. The summed E-state index contributed by atoms with van der Waals surface area (Å²) in [4.78, 5) is 12.2. The Morgan fingerprint density at radius 1 is 1.08 bits per heavy atom. The number of unbranched alkanes of at least 4 members (excludes halogenated alkanes) is 1. The average molecular weight is 390 g/mol. The Bertz CT molecular complexity index is 573. The number of carbonyl (C=O) groups excluding carboxylic acids is 1. The highest BCUT2D eigenvalue weighted by molar-refractivity contribution is 7.86. The second kappa shape index (κ2) is 8.52. The molecule has 0 aliphatic carbocycles. The lowest BCUT2D eigenvalue weighted by atomic mass is 9.97. The monoisotopic (exact) mass is 389 g/mol. The number of amides is 1. The topological polar surface area (TPSA) is 88.2 Å². The zero-order chi connectivity index (χ0) is 18.6. The van der Waals surface area contributed by atoms with Gasteiger partial charge in [0, 0.05) is 51.5 Å². The molecule has 0 aromatic rings. The SMILES string of the molecule is CCCCNC(=O)C1CCN(S(=O)(=O)N2CCC3(CC2)OCCO3)CC1.